The lowest BCUT2D eigenvalue weighted by Crippen LogP contribution is -2.40. The topological polar surface area (TPSA) is 90.0 Å². The standard InChI is InChI=1S/C22H21NO6/c1-28-12-4-2-11(3-5-12)17(24)10-29-18(25)9-23-21(26)19-13-6-7-14(16-8-15(13)16)20(19)22(23)27/h2-7,13-16,19-20H,8-10H2,1H3/t13-,14+,15-,16-,19+,20+/m1/s1. The van der Waals surface area contributed by atoms with Crippen LogP contribution in [0.2, 0.25) is 0 Å². The van der Waals surface area contributed by atoms with Gasteiger partial charge in [-0.3, -0.25) is 24.1 Å². The van der Waals surface area contributed by atoms with Gasteiger partial charge in [0.2, 0.25) is 11.8 Å². The number of nitrogens with zero attached hydrogens (tertiary/aromatic N) is 1. The van der Waals surface area contributed by atoms with Crippen molar-refractivity contribution in [1.82, 2.24) is 4.90 Å². The third-order valence-corrected chi connectivity index (χ3v) is 6.82. The van der Waals surface area contributed by atoms with E-state index in [2.05, 4.69) is 12.2 Å². The summed E-state index contributed by atoms with van der Waals surface area (Å²) in [5.41, 5.74) is 0.389. The van der Waals surface area contributed by atoms with Crippen molar-refractivity contribution in [3.63, 3.8) is 0 Å². The number of hydrogen-bond donors (Lipinski definition) is 0. The summed E-state index contributed by atoms with van der Waals surface area (Å²) in [4.78, 5) is 51.1. The molecule has 0 N–H and O–H groups in total. The first-order valence-electron chi connectivity index (χ1n) is 9.86. The minimum atomic E-state index is -0.752. The molecule has 0 aromatic heterocycles. The number of carbonyl (C=O) groups is 4. The van der Waals surface area contributed by atoms with Gasteiger partial charge < -0.3 is 9.47 Å². The molecule has 1 heterocycles. The van der Waals surface area contributed by atoms with Crippen molar-refractivity contribution in [3.05, 3.63) is 42.0 Å². The SMILES string of the molecule is COc1ccc(C(=O)COC(=O)CN2C(=O)[C@H]3[C@@H]4C=C[C@@H]([C@H]5C[C@H]45)[C@@H]3C2=O)cc1. The van der Waals surface area contributed by atoms with Gasteiger partial charge in [-0.25, -0.2) is 0 Å². The average Bonchev–Trinajstić information content (AvgIpc) is 3.53. The van der Waals surface area contributed by atoms with Crippen LogP contribution in [-0.4, -0.2) is 48.7 Å². The molecule has 0 unspecified atom stereocenters. The Labute approximate surface area is 167 Å². The van der Waals surface area contributed by atoms with E-state index in [0.29, 0.717) is 23.1 Å². The third kappa shape index (κ3) is 2.79. The zero-order valence-corrected chi connectivity index (χ0v) is 15.9. The molecule has 1 aromatic rings. The molecule has 29 heavy (non-hydrogen) atoms. The Morgan fingerprint density at radius 2 is 1.59 bits per heavy atom. The normalized spacial score (nSPS) is 33.3. The molecular formula is C22H21NO6. The molecule has 6 atom stereocenters. The predicted molar refractivity (Wildman–Crippen MR) is 99.7 cm³/mol. The summed E-state index contributed by atoms with van der Waals surface area (Å²) in [6.07, 6.45) is 5.26. The largest absolute Gasteiger partial charge is 0.497 e. The summed E-state index contributed by atoms with van der Waals surface area (Å²) in [5, 5.41) is 0. The van der Waals surface area contributed by atoms with Gasteiger partial charge in [0.05, 0.1) is 18.9 Å². The van der Waals surface area contributed by atoms with E-state index in [1.54, 1.807) is 24.3 Å². The summed E-state index contributed by atoms with van der Waals surface area (Å²) >= 11 is 0. The number of methoxy groups -OCH3 is 1. The van der Waals surface area contributed by atoms with Crippen molar-refractivity contribution in [2.45, 2.75) is 6.42 Å². The van der Waals surface area contributed by atoms with Gasteiger partial charge in [0, 0.05) is 5.56 Å². The molecule has 2 bridgehead atoms. The van der Waals surface area contributed by atoms with Crippen LogP contribution in [0.15, 0.2) is 36.4 Å². The number of ether oxygens (including phenoxy) is 2. The second kappa shape index (κ2) is 6.54. The maximum Gasteiger partial charge on any atom is 0.326 e. The van der Waals surface area contributed by atoms with Crippen LogP contribution in [0.1, 0.15) is 16.8 Å². The van der Waals surface area contributed by atoms with Crippen LogP contribution >= 0.6 is 0 Å². The van der Waals surface area contributed by atoms with Crippen molar-refractivity contribution in [1.29, 1.82) is 0 Å². The number of likely N-dealkylation sites (tertiary alicyclic amines) is 1. The van der Waals surface area contributed by atoms with E-state index in [1.165, 1.54) is 7.11 Å². The molecule has 7 nitrogen and oxygen atoms in total. The van der Waals surface area contributed by atoms with Crippen LogP contribution in [0.3, 0.4) is 0 Å². The molecule has 7 heteroatoms. The van der Waals surface area contributed by atoms with E-state index in [9.17, 15) is 19.2 Å². The second-order valence-electron chi connectivity index (χ2n) is 8.23. The number of Topliss-reactive ketones (excluding diaryl/α,β-unsaturated/α-hetero) is 1. The Bertz CT molecular complexity index is 899. The minimum Gasteiger partial charge on any atom is -0.497 e. The monoisotopic (exact) mass is 395 g/mol. The summed E-state index contributed by atoms with van der Waals surface area (Å²) in [6, 6.07) is 6.46. The lowest BCUT2D eigenvalue weighted by atomic mass is 9.63. The number of imide groups is 1. The first-order chi connectivity index (χ1) is 14.0. The molecule has 5 aliphatic rings. The highest BCUT2D eigenvalue weighted by molar-refractivity contribution is 6.08. The molecule has 2 amide bonds. The minimum absolute atomic E-state index is 0.115. The van der Waals surface area contributed by atoms with Crippen LogP contribution in [0.25, 0.3) is 0 Å². The number of benzene rings is 1. The molecule has 150 valence electrons. The number of carbonyl (C=O) groups excluding carboxylic acids is 4. The van der Waals surface area contributed by atoms with Crippen molar-refractivity contribution >= 4 is 23.6 Å². The van der Waals surface area contributed by atoms with Crippen LogP contribution in [0.5, 0.6) is 5.75 Å². The number of allylic oxidation sites excluding steroid dienone is 2. The van der Waals surface area contributed by atoms with Crippen LogP contribution in [0.4, 0.5) is 0 Å². The quantitative estimate of drug-likeness (QED) is 0.314. The molecule has 4 aliphatic carbocycles. The van der Waals surface area contributed by atoms with Gasteiger partial charge >= 0.3 is 5.97 Å². The highest BCUT2D eigenvalue weighted by Crippen LogP contribution is 2.65. The Morgan fingerprint density at radius 1 is 1.00 bits per heavy atom. The number of esters is 1. The zero-order chi connectivity index (χ0) is 20.3. The fourth-order valence-electron chi connectivity index (χ4n) is 5.36. The number of hydrogen-bond acceptors (Lipinski definition) is 6. The Hall–Kier alpha value is -2.96. The molecule has 6 rings (SSSR count). The summed E-state index contributed by atoms with van der Waals surface area (Å²) in [6.45, 7) is -0.874. The maximum atomic E-state index is 12.8. The molecule has 1 aromatic carbocycles. The van der Waals surface area contributed by atoms with E-state index in [0.717, 1.165) is 11.3 Å². The fourth-order valence-corrected chi connectivity index (χ4v) is 5.36. The summed E-state index contributed by atoms with van der Waals surface area (Å²) < 4.78 is 10.1. The van der Waals surface area contributed by atoms with E-state index in [-0.39, 0.29) is 41.3 Å². The highest BCUT2D eigenvalue weighted by Gasteiger charge is 2.67. The van der Waals surface area contributed by atoms with Crippen LogP contribution in [0, 0.1) is 35.5 Å². The number of rotatable bonds is 6. The first kappa shape index (κ1) is 18.1. The van der Waals surface area contributed by atoms with Crippen molar-refractivity contribution in [3.8, 4) is 5.75 Å². The van der Waals surface area contributed by atoms with Gasteiger partial charge in [-0.05, 0) is 54.4 Å². The molecule has 2 saturated carbocycles. The fraction of sp³-hybridized carbons (Fsp3) is 0.455. The van der Waals surface area contributed by atoms with Crippen LogP contribution < -0.4 is 4.74 Å². The van der Waals surface area contributed by atoms with Crippen molar-refractivity contribution in [2.75, 3.05) is 20.3 Å². The molecule has 0 radical (unpaired) electrons. The van der Waals surface area contributed by atoms with Gasteiger partial charge in [-0.2, -0.15) is 0 Å². The molecule has 1 saturated heterocycles. The van der Waals surface area contributed by atoms with E-state index in [1.807, 2.05) is 0 Å². The van der Waals surface area contributed by atoms with E-state index in [4.69, 9.17) is 9.47 Å². The second-order valence-corrected chi connectivity index (χ2v) is 8.23. The highest BCUT2D eigenvalue weighted by atomic mass is 16.5. The summed E-state index contributed by atoms with van der Waals surface area (Å²) in [7, 11) is 1.53. The Kier molecular flexibility index (Phi) is 4.08. The lowest BCUT2D eigenvalue weighted by molar-refractivity contribution is -0.152. The van der Waals surface area contributed by atoms with Crippen molar-refractivity contribution < 1.29 is 28.7 Å². The first-order valence-corrected chi connectivity index (χ1v) is 9.86. The zero-order valence-electron chi connectivity index (χ0n) is 15.9. The third-order valence-electron chi connectivity index (χ3n) is 6.82. The van der Waals surface area contributed by atoms with Gasteiger partial charge in [0.15, 0.2) is 12.4 Å². The van der Waals surface area contributed by atoms with Gasteiger partial charge in [0.25, 0.3) is 0 Å². The molecular weight excluding hydrogens is 374 g/mol. The average molecular weight is 395 g/mol. The Balaban J connectivity index is 1.20. The number of amides is 2. The maximum absolute atomic E-state index is 12.8. The Morgan fingerprint density at radius 3 is 2.14 bits per heavy atom. The van der Waals surface area contributed by atoms with E-state index < -0.39 is 19.1 Å². The van der Waals surface area contributed by atoms with Gasteiger partial charge in [0.1, 0.15) is 12.3 Å². The van der Waals surface area contributed by atoms with Crippen molar-refractivity contribution in [2.24, 2.45) is 35.5 Å². The van der Waals surface area contributed by atoms with E-state index >= 15 is 0 Å². The summed E-state index contributed by atoms with van der Waals surface area (Å²) in [5.74, 6) is -0.473. The predicted octanol–water partition coefficient (Wildman–Crippen LogP) is 1.47. The number of ketones is 1. The smallest absolute Gasteiger partial charge is 0.326 e. The van der Waals surface area contributed by atoms with Gasteiger partial charge in [-0.15, -0.1) is 0 Å². The van der Waals surface area contributed by atoms with Crippen LogP contribution in [-0.2, 0) is 19.1 Å². The molecule has 3 fully saturated rings. The van der Waals surface area contributed by atoms with Gasteiger partial charge in [-0.1, -0.05) is 12.2 Å². The molecule has 0 spiro atoms. The lowest BCUT2D eigenvalue weighted by Gasteiger charge is -2.37. The molecule has 1 aliphatic heterocycles.